The van der Waals surface area contributed by atoms with Crippen molar-refractivity contribution in [1.29, 1.82) is 0 Å². The Hall–Kier alpha value is -0.570. The van der Waals surface area contributed by atoms with Crippen molar-refractivity contribution in [1.82, 2.24) is 4.90 Å². The van der Waals surface area contributed by atoms with E-state index in [2.05, 4.69) is 25.8 Å². The van der Waals surface area contributed by atoms with Gasteiger partial charge in [0, 0.05) is 6.04 Å². The Morgan fingerprint density at radius 1 is 1.33 bits per heavy atom. The van der Waals surface area contributed by atoms with Crippen molar-refractivity contribution >= 4 is 5.97 Å². The number of ether oxygens (including phenoxy) is 1. The van der Waals surface area contributed by atoms with Crippen molar-refractivity contribution in [2.24, 2.45) is 0 Å². The quantitative estimate of drug-likeness (QED) is 0.460. The molecular weight excluding hydrogens is 190 g/mol. The smallest absolute Gasteiger partial charge is 0.307 e. The van der Waals surface area contributed by atoms with Crippen LogP contribution in [0.4, 0.5) is 0 Å². The predicted molar refractivity (Wildman–Crippen MR) is 62.9 cm³/mol. The average molecular weight is 215 g/mol. The van der Waals surface area contributed by atoms with Gasteiger partial charge in [0.05, 0.1) is 13.0 Å². The van der Waals surface area contributed by atoms with Gasteiger partial charge in [0.2, 0.25) is 0 Å². The molecule has 0 aromatic carbocycles. The zero-order valence-corrected chi connectivity index (χ0v) is 10.6. The third kappa shape index (κ3) is 7.37. The monoisotopic (exact) mass is 215 g/mol. The second-order valence-corrected chi connectivity index (χ2v) is 4.05. The van der Waals surface area contributed by atoms with Gasteiger partial charge in [-0.3, -0.25) is 4.79 Å². The van der Waals surface area contributed by atoms with Gasteiger partial charge >= 0.3 is 5.97 Å². The van der Waals surface area contributed by atoms with Crippen molar-refractivity contribution in [3.63, 3.8) is 0 Å². The van der Waals surface area contributed by atoms with Gasteiger partial charge in [-0.25, -0.2) is 0 Å². The molecule has 0 saturated carbocycles. The Labute approximate surface area is 93.8 Å². The van der Waals surface area contributed by atoms with Crippen LogP contribution in [-0.2, 0) is 9.53 Å². The molecule has 1 atom stereocenters. The highest BCUT2D eigenvalue weighted by atomic mass is 16.5. The minimum Gasteiger partial charge on any atom is -0.466 e. The van der Waals surface area contributed by atoms with E-state index in [1.165, 1.54) is 19.3 Å². The first kappa shape index (κ1) is 14.4. The first-order chi connectivity index (χ1) is 7.11. The SMILES string of the molecule is CCCCCN(C)C(C)CC(=O)OCC. The average Bonchev–Trinajstić information content (AvgIpc) is 2.18. The van der Waals surface area contributed by atoms with Crippen LogP contribution >= 0.6 is 0 Å². The van der Waals surface area contributed by atoms with Gasteiger partial charge in [-0.15, -0.1) is 0 Å². The fraction of sp³-hybridized carbons (Fsp3) is 0.917. The third-order valence-corrected chi connectivity index (χ3v) is 2.63. The number of unbranched alkanes of at least 4 members (excludes halogenated alkanes) is 2. The van der Waals surface area contributed by atoms with Crippen molar-refractivity contribution < 1.29 is 9.53 Å². The lowest BCUT2D eigenvalue weighted by Gasteiger charge is -2.23. The Morgan fingerprint density at radius 2 is 2.00 bits per heavy atom. The molecule has 0 bridgehead atoms. The summed E-state index contributed by atoms with van der Waals surface area (Å²) >= 11 is 0. The highest BCUT2D eigenvalue weighted by molar-refractivity contribution is 5.69. The summed E-state index contributed by atoms with van der Waals surface area (Å²) in [6.07, 6.45) is 4.20. The number of carbonyl (C=O) groups is 1. The molecule has 0 aromatic heterocycles. The van der Waals surface area contributed by atoms with Crippen molar-refractivity contribution in [2.45, 2.75) is 52.5 Å². The zero-order valence-electron chi connectivity index (χ0n) is 10.6. The first-order valence-electron chi connectivity index (χ1n) is 5.97. The summed E-state index contributed by atoms with van der Waals surface area (Å²) in [5, 5.41) is 0. The molecule has 0 heterocycles. The fourth-order valence-electron chi connectivity index (χ4n) is 1.45. The summed E-state index contributed by atoms with van der Waals surface area (Å²) in [5.41, 5.74) is 0. The molecule has 0 aliphatic rings. The molecule has 0 aliphatic carbocycles. The van der Waals surface area contributed by atoms with Gasteiger partial charge in [-0.1, -0.05) is 19.8 Å². The van der Waals surface area contributed by atoms with Crippen LogP contribution in [0.1, 0.15) is 46.5 Å². The highest BCUT2D eigenvalue weighted by Crippen LogP contribution is 2.05. The normalized spacial score (nSPS) is 12.9. The van der Waals surface area contributed by atoms with Crippen LogP contribution in [0.3, 0.4) is 0 Å². The zero-order chi connectivity index (χ0) is 11.7. The van der Waals surface area contributed by atoms with Gasteiger partial charge in [-0.05, 0) is 33.9 Å². The molecule has 3 nitrogen and oxygen atoms in total. The molecule has 15 heavy (non-hydrogen) atoms. The molecular formula is C12H25NO2. The first-order valence-corrected chi connectivity index (χ1v) is 5.97. The van der Waals surface area contributed by atoms with Crippen LogP contribution < -0.4 is 0 Å². The maximum Gasteiger partial charge on any atom is 0.307 e. The highest BCUT2D eigenvalue weighted by Gasteiger charge is 2.13. The van der Waals surface area contributed by atoms with Crippen molar-refractivity contribution in [3.8, 4) is 0 Å². The van der Waals surface area contributed by atoms with Crippen LogP contribution in [0.5, 0.6) is 0 Å². The molecule has 0 spiro atoms. The van der Waals surface area contributed by atoms with E-state index in [1.54, 1.807) is 0 Å². The molecule has 0 aliphatic heterocycles. The van der Waals surface area contributed by atoms with Crippen LogP contribution in [0.25, 0.3) is 0 Å². The Bertz CT molecular complexity index is 171. The molecule has 0 fully saturated rings. The maximum atomic E-state index is 11.2. The van der Waals surface area contributed by atoms with Crippen LogP contribution in [-0.4, -0.2) is 37.1 Å². The summed E-state index contributed by atoms with van der Waals surface area (Å²) in [4.78, 5) is 13.5. The van der Waals surface area contributed by atoms with E-state index in [4.69, 9.17) is 4.74 Å². The fourth-order valence-corrected chi connectivity index (χ4v) is 1.45. The second kappa shape index (κ2) is 8.72. The molecule has 3 heteroatoms. The van der Waals surface area contributed by atoms with E-state index in [-0.39, 0.29) is 12.0 Å². The topological polar surface area (TPSA) is 29.5 Å². The molecule has 0 aromatic rings. The Kier molecular flexibility index (Phi) is 8.38. The summed E-state index contributed by atoms with van der Waals surface area (Å²) < 4.78 is 4.92. The van der Waals surface area contributed by atoms with E-state index in [1.807, 2.05) is 6.92 Å². The lowest BCUT2D eigenvalue weighted by Crippen LogP contribution is -2.32. The summed E-state index contributed by atoms with van der Waals surface area (Å²) in [6.45, 7) is 7.65. The Morgan fingerprint density at radius 3 is 2.53 bits per heavy atom. The van der Waals surface area contributed by atoms with Crippen LogP contribution in [0.15, 0.2) is 0 Å². The lowest BCUT2D eigenvalue weighted by atomic mass is 10.2. The predicted octanol–water partition coefficient (Wildman–Crippen LogP) is 2.45. The maximum absolute atomic E-state index is 11.2. The van der Waals surface area contributed by atoms with Crippen molar-refractivity contribution in [3.05, 3.63) is 0 Å². The van der Waals surface area contributed by atoms with Crippen LogP contribution in [0.2, 0.25) is 0 Å². The molecule has 0 rings (SSSR count). The van der Waals surface area contributed by atoms with Gasteiger partial charge in [0.15, 0.2) is 0 Å². The summed E-state index contributed by atoms with van der Waals surface area (Å²) in [5.74, 6) is -0.0904. The summed E-state index contributed by atoms with van der Waals surface area (Å²) in [7, 11) is 2.07. The van der Waals surface area contributed by atoms with Gasteiger partial charge in [-0.2, -0.15) is 0 Å². The minimum absolute atomic E-state index is 0.0904. The minimum atomic E-state index is -0.0904. The van der Waals surface area contributed by atoms with E-state index >= 15 is 0 Å². The molecule has 0 radical (unpaired) electrons. The lowest BCUT2D eigenvalue weighted by molar-refractivity contribution is -0.144. The second-order valence-electron chi connectivity index (χ2n) is 4.05. The van der Waals surface area contributed by atoms with E-state index < -0.39 is 0 Å². The number of hydrogen-bond acceptors (Lipinski definition) is 3. The number of carbonyl (C=O) groups excluding carboxylic acids is 1. The largest absolute Gasteiger partial charge is 0.466 e. The molecule has 1 unspecified atom stereocenters. The van der Waals surface area contributed by atoms with E-state index in [0.717, 1.165) is 6.54 Å². The van der Waals surface area contributed by atoms with Gasteiger partial charge in [0.1, 0.15) is 0 Å². The van der Waals surface area contributed by atoms with E-state index in [0.29, 0.717) is 13.0 Å². The van der Waals surface area contributed by atoms with Gasteiger partial charge < -0.3 is 9.64 Å². The van der Waals surface area contributed by atoms with E-state index in [9.17, 15) is 4.79 Å². The third-order valence-electron chi connectivity index (χ3n) is 2.63. The van der Waals surface area contributed by atoms with Crippen LogP contribution in [0, 0.1) is 0 Å². The van der Waals surface area contributed by atoms with Gasteiger partial charge in [0.25, 0.3) is 0 Å². The number of hydrogen-bond donors (Lipinski definition) is 0. The molecule has 90 valence electrons. The summed E-state index contributed by atoms with van der Waals surface area (Å²) in [6, 6.07) is 0.279. The number of esters is 1. The number of rotatable bonds is 8. The molecule has 0 saturated heterocycles. The number of nitrogens with zero attached hydrogens (tertiary/aromatic N) is 1. The van der Waals surface area contributed by atoms with Crippen molar-refractivity contribution in [2.75, 3.05) is 20.2 Å². The Balaban J connectivity index is 3.67. The molecule has 0 N–H and O–H groups in total. The molecule has 0 amide bonds. The standard InChI is InChI=1S/C12H25NO2/c1-5-7-8-9-13(4)11(3)10-12(14)15-6-2/h11H,5-10H2,1-4H3.